The minimum atomic E-state index is 0.131. The predicted octanol–water partition coefficient (Wildman–Crippen LogP) is 4.15. The third-order valence-corrected chi connectivity index (χ3v) is 5.74. The lowest BCUT2D eigenvalue weighted by Crippen LogP contribution is -2.42. The monoisotopic (exact) mass is 289 g/mol. The summed E-state index contributed by atoms with van der Waals surface area (Å²) < 4.78 is 0.186. The fraction of sp³-hybridized carbons (Fsp3) is 0.538. The molecule has 0 radical (unpaired) electrons. The highest BCUT2D eigenvalue weighted by Gasteiger charge is 2.35. The van der Waals surface area contributed by atoms with Crippen LogP contribution in [0.25, 0.3) is 0 Å². The van der Waals surface area contributed by atoms with Crippen molar-refractivity contribution in [3.8, 4) is 0 Å². The Morgan fingerprint density at radius 2 is 2.24 bits per heavy atom. The molecule has 1 saturated heterocycles. The van der Waals surface area contributed by atoms with E-state index in [-0.39, 0.29) is 10.8 Å². The summed E-state index contributed by atoms with van der Waals surface area (Å²) in [4.78, 5) is 0. The Hall–Kier alpha value is 0.110. The van der Waals surface area contributed by atoms with Crippen molar-refractivity contribution in [2.75, 3.05) is 5.75 Å². The summed E-state index contributed by atoms with van der Waals surface area (Å²) in [6, 6.07) is 5.71. The molecule has 94 valence electrons. The van der Waals surface area contributed by atoms with Crippen LogP contribution in [0, 0.1) is 0 Å². The molecule has 1 aliphatic heterocycles. The number of nitrogens with two attached hydrogens (primary N) is 1. The summed E-state index contributed by atoms with van der Waals surface area (Å²) in [7, 11) is 0. The number of hydrogen-bond acceptors (Lipinski definition) is 2. The van der Waals surface area contributed by atoms with Crippen molar-refractivity contribution in [1.82, 2.24) is 0 Å². The van der Waals surface area contributed by atoms with E-state index in [0.717, 1.165) is 22.0 Å². The topological polar surface area (TPSA) is 26.0 Å². The van der Waals surface area contributed by atoms with Gasteiger partial charge in [-0.25, -0.2) is 0 Å². The fourth-order valence-electron chi connectivity index (χ4n) is 2.25. The van der Waals surface area contributed by atoms with Crippen molar-refractivity contribution in [3.63, 3.8) is 0 Å². The molecule has 0 aliphatic carbocycles. The Labute approximate surface area is 117 Å². The van der Waals surface area contributed by atoms with E-state index < -0.39 is 0 Å². The molecule has 1 heterocycles. The smallest absolute Gasteiger partial charge is 0.0439 e. The molecule has 0 spiro atoms. The molecule has 1 aliphatic rings. The maximum Gasteiger partial charge on any atom is 0.0439 e. The van der Waals surface area contributed by atoms with E-state index in [9.17, 15) is 0 Å². The summed E-state index contributed by atoms with van der Waals surface area (Å²) in [5, 5.41) is 1.48. The standard InChI is InChI=1S/C13H17Cl2NS/c1-13(5-2-6-17-13)12(16)8-9-7-10(14)3-4-11(9)15/h3-4,7,12H,2,5-6,8,16H2,1H3. The molecule has 0 saturated carbocycles. The molecule has 1 aromatic carbocycles. The zero-order chi connectivity index (χ0) is 12.5. The third-order valence-electron chi connectivity index (χ3n) is 3.48. The minimum absolute atomic E-state index is 0.131. The highest BCUT2D eigenvalue weighted by molar-refractivity contribution is 8.00. The average molecular weight is 290 g/mol. The van der Waals surface area contributed by atoms with Gasteiger partial charge in [-0.05, 0) is 55.7 Å². The van der Waals surface area contributed by atoms with Gasteiger partial charge in [-0.2, -0.15) is 11.8 Å². The molecule has 1 aromatic rings. The second-order valence-electron chi connectivity index (χ2n) is 4.81. The molecular formula is C13H17Cl2NS. The van der Waals surface area contributed by atoms with Crippen LogP contribution in [0.5, 0.6) is 0 Å². The van der Waals surface area contributed by atoms with E-state index >= 15 is 0 Å². The van der Waals surface area contributed by atoms with E-state index in [2.05, 4.69) is 6.92 Å². The van der Waals surface area contributed by atoms with Gasteiger partial charge in [0.05, 0.1) is 0 Å². The van der Waals surface area contributed by atoms with E-state index in [1.165, 1.54) is 18.6 Å². The van der Waals surface area contributed by atoms with E-state index in [1.54, 1.807) is 0 Å². The first-order valence-electron chi connectivity index (χ1n) is 5.85. The summed E-state index contributed by atoms with van der Waals surface area (Å²) in [5.41, 5.74) is 7.40. The SMILES string of the molecule is CC1(C(N)Cc2cc(Cl)ccc2Cl)CCCS1. The molecule has 17 heavy (non-hydrogen) atoms. The van der Waals surface area contributed by atoms with Gasteiger partial charge in [0.1, 0.15) is 0 Å². The van der Waals surface area contributed by atoms with Gasteiger partial charge in [0.25, 0.3) is 0 Å². The second-order valence-corrected chi connectivity index (χ2v) is 7.28. The molecule has 1 fully saturated rings. The molecule has 1 nitrogen and oxygen atoms in total. The van der Waals surface area contributed by atoms with Crippen LogP contribution in [-0.2, 0) is 6.42 Å². The van der Waals surface area contributed by atoms with Crippen LogP contribution in [-0.4, -0.2) is 16.5 Å². The van der Waals surface area contributed by atoms with Gasteiger partial charge in [-0.15, -0.1) is 0 Å². The molecule has 2 rings (SSSR count). The number of thioether (sulfide) groups is 1. The average Bonchev–Trinajstić information content (AvgIpc) is 2.72. The van der Waals surface area contributed by atoms with Crippen molar-refractivity contribution in [2.24, 2.45) is 5.73 Å². The van der Waals surface area contributed by atoms with Crippen molar-refractivity contribution in [1.29, 1.82) is 0 Å². The first-order chi connectivity index (χ1) is 8.01. The number of rotatable bonds is 3. The largest absolute Gasteiger partial charge is 0.326 e. The molecule has 2 N–H and O–H groups in total. The van der Waals surface area contributed by atoms with Crippen LogP contribution >= 0.6 is 35.0 Å². The Kier molecular flexibility index (Phi) is 4.30. The Morgan fingerprint density at radius 1 is 1.47 bits per heavy atom. The van der Waals surface area contributed by atoms with E-state index in [0.29, 0.717) is 0 Å². The maximum absolute atomic E-state index is 6.34. The fourth-order valence-corrected chi connectivity index (χ4v) is 3.98. The van der Waals surface area contributed by atoms with Crippen LogP contribution in [0.2, 0.25) is 10.0 Å². The Bertz CT molecular complexity index is 402. The van der Waals surface area contributed by atoms with Crippen LogP contribution in [0.3, 0.4) is 0 Å². The zero-order valence-electron chi connectivity index (χ0n) is 9.88. The third kappa shape index (κ3) is 3.11. The van der Waals surface area contributed by atoms with Crippen LogP contribution in [0.15, 0.2) is 18.2 Å². The molecule has 2 atom stereocenters. The van der Waals surface area contributed by atoms with Crippen molar-refractivity contribution >= 4 is 35.0 Å². The van der Waals surface area contributed by atoms with Gasteiger partial charge >= 0.3 is 0 Å². The lowest BCUT2D eigenvalue weighted by molar-refractivity contribution is 0.482. The molecule has 2 unspecified atom stereocenters. The normalized spacial score (nSPS) is 26.1. The molecular weight excluding hydrogens is 273 g/mol. The van der Waals surface area contributed by atoms with Crippen LogP contribution < -0.4 is 5.73 Å². The quantitative estimate of drug-likeness (QED) is 0.905. The first-order valence-corrected chi connectivity index (χ1v) is 7.59. The summed E-state index contributed by atoms with van der Waals surface area (Å²) >= 11 is 14.1. The minimum Gasteiger partial charge on any atom is -0.326 e. The zero-order valence-corrected chi connectivity index (χ0v) is 12.2. The summed E-state index contributed by atoms with van der Waals surface area (Å²) in [5.74, 6) is 1.22. The highest BCUT2D eigenvalue weighted by atomic mass is 35.5. The molecule has 0 bridgehead atoms. The van der Waals surface area contributed by atoms with Gasteiger partial charge in [-0.3, -0.25) is 0 Å². The van der Waals surface area contributed by atoms with Crippen molar-refractivity contribution in [3.05, 3.63) is 33.8 Å². The van der Waals surface area contributed by atoms with Gasteiger partial charge in [-0.1, -0.05) is 23.2 Å². The van der Waals surface area contributed by atoms with Crippen molar-refractivity contribution < 1.29 is 0 Å². The van der Waals surface area contributed by atoms with Crippen molar-refractivity contribution in [2.45, 2.75) is 37.0 Å². The lowest BCUT2D eigenvalue weighted by Gasteiger charge is -2.30. The first kappa shape index (κ1) is 13.5. The predicted molar refractivity (Wildman–Crippen MR) is 78.2 cm³/mol. The number of hydrogen-bond donors (Lipinski definition) is 1. The molecule has 0 amide bonds. The number of benzene rings is 1. The number of halogens is 2. The van der Waals surface area contributed by atoms with E-state index in [4.69, 9.17) is 28.9 Å². The molecule has 0 aromatic heterocycles. The van der Waals surface area contributed by atoms with Gasteiger partial charge in [0, 0.05) is 20.8 Å². The summed E-state index contributed by atoms with van der Waals surface area (Å²) in [6.45, 7) is 2.26. The highest BCUT2D eigenvalue weighted by Crippen LogP contribution is 2.41. The van der Waals surface area contributed by atoms with Gasteiger partial charge in [0.15, 0.2) is 0 Å². The van der Waals surface area contributed by atoms with Crippen LogP contribution in [0.4, 0.5) is 0 Å². The van der Waals surface area contributed by atoms with Gasteiger partial charge in [0.2, 0.25) is 0 Å². The summed E-state index contributed by atoms with van der Waals surface area (Å²) in [6.07, 6.45) is 3.25. The Balaban J connectivity index is 2.12. The van der Waals surface area contributed by atoms with Gasteiger partial charge < -0.3 is 5.73 Å². The van der Waals surface area contributed by atoms with E-state index in [1.807, 2.05) is 30.0 Å². The van der Waals surface area contributed by atoms with Crippen LogP contribution in [0.1, 0.15) is 25.3 Å². The Morgan fingerprint density at radius 3 is 2.88 bits per heavy atom. The lowest BCUT2D eigenvalue weighted by atomic mass is 9.91. The maximum atomic E-state index is 6.34. The second kappa shape index (κ2) is 5.40. The molecule has 4 heteroatoms.